The molecule has 21 heavy (non-hydrogen) atoms. The third kappa shape index (κ3) is 2.92. The van der Waals surface area contributed by atoms with E-state index in [-0.39, 0.29) is 5.78 Å². The van der Waals surface area contributed by atoms with Gasteiger partial charge < -0.3 is 9.47 Å². The van der Waals surface area contributed by atoms with Gasteiger partial charge in [-0.1, -0.05) is 24.3 Å². The van der Waals surface area contributed by atoms with Crippen molar-refractivity contribution in [3.05, 3.63) is 59.2 Å². The summed E-state index contributed by atoms with van der Waals surface area (Å²) in [4.78, 5) is 12.5. The molecule has 0 bridgehead atoms. The number of carbonyl (C=O) groups is 1. The molecule has 0 amide bonds. The van der Waals surface area contributed by atoms with Crippen LogP contribution < -0.4 is 9.47 Å². The minimum absolute atomic E-state index is 0.0962. The SMILES string of the molecule is COc1ccc(CC(=O)c2cccc3c2OCCC3)cc1. The Hall–Kier alpha value is -2.29. The predicted molar refractivity (Wildman–Crippen MR) is 81.3 cm³/mol. The lowest BCUT2D eigenvalue weighted by Gasteiger charge is -2.19. The number of para-hydroxylation sites is 1. The highest BCUT2D eigenvalue weighted by Gasteiger charge is 2.19. The van der Waals surface area contributed by atoms with E-state index in [4.69, 9.17) is 9.47 Å². The molecule has 2 aromatic rings. The summed E-state index contributed by atoms with van der Waals surface area (Å²) in [6.07, 6.45) is 2.38. The standard InChI is InChI=1S/C18H18O3/c1-20-15-9-7-13(8-10-15)12-17(19)16-6-2-4-14-5-3-11-21-18(14)16/h2,4,6-10H,3,5,11-12H2,1H3. The highest BCUT2D eigenvalue weighted by atomic mass is 16.5. The van der Waals surface area contributed by atoms with Crippen LogP contribution in [-0.4, -0.2) is 19.5 Å². The van der Waals surface area contributed by atoms with E-state index in [9.17, 15) is 4.79 Å². The van der Waals surface area contributed by atoms with Crippen LogP contribution in [0.25, 0.3) is 0 Å². The lowest BCUT2D eigenvalue weighted by Crippen LogP contribution is -2.14. The van der Waals surface area contributed by atoms with Gasteiger partial charge in [-0.25, -0.2) is 0 Å². The number of methoxy groups -OCH3 is 1. The molecule has 0 aromatic heterocycles. The molecule has 0 fully saturated rings. The van der Waals surface area contributed by atoms with E-state index in [0.29, 0.717) is 18.6 Å². The molecule has 0 atom stereocenters. The molecule has 0 unspecified atom stereocenters. The number of ether oxygens (including phenoxy) is 2. The second-order valence-electron chi connectivity index (χ2n) is 5.19. The summed E-state index contributed by atoms with van der Waals surface area (Å²) < 4.78 is 10.8. The molecule has 0 radical (unpaired) electrons. The summed E-state index contributed by atoms with van der Waals surface area (Å²) in [7, 11) is 1.63. The lowest BCUT2D eigenvalue weighted by atomic mass is 9.97. The van der Waals surface area contributed by atoms with Crippen molar-refractivity contribution < 1.29 is 14.3 Å². The van der Waals surface area contributed by atoms with E-state index in [2.05, 4.69) is 0 Å². The Labute approximate surface area is 124 Å². The molecule has 108 valence electrons. The zero-order valence-electron chi connectivity index (χ0n) is 12.1. The highest BCUT2D eigenvalue weighted by molar-refractivity contribution is 6.00. The molecule has 0 spiro atoms. The first-order valence-corrected chi connectivity index (χ1v) is 7.19. The van der Waals surface area contributed by atoms with E-state index in [1.54, 1.807) is 7.11 Å². The second kappa shape index (κ2) is 6.00. The van der Waals surface area contributed by atoms with Gasteiger partial charge in [-0.2, -0.15) is 0 Å². The van der Waals surface area contributed by atoms with E-state index < -0.39 is 0 Å². The van der Waals surface area contributed by atoms with Crippen LogP contribution in [0.1, 0.15) is 27.9 Å². The minimum Gasteiger partial charge on any atom is -0.497 e. The molecular formula is C18H18O3. The number of aryl methyl sites for hydroxylation is 1. The van der Waals surface area contributed by atoms with Gasteiger partial charge in [0.05, 0.1) is 19.3 Å². The van der Waals surface area contributed by atoms with Gasteiger partial charge in [-0.3, -0.25) is 4.79 Å². The van der Waals surface area contributed by atoms with Crippen LogP contribution in [0.4, 0.5) is 0 Å². The van der Waals surface area contributed by atoms with Crippen molar-refractivity contribution in [3.8, 4) is 11.5 Å². The maximum atomic E-state index is 12.5. The van der Waals surface area contributed by atoms with E-state index >= 15 is 0 Å². The Balaban J connectivity index is 1.82. The average molecular weight is 282 g/mol. The van der Waals surface area contributed by atoms with Crippen LogP contribution in [0.15, 0.2) is 42.5 Å². The summed E-state index contributed by atoms with van der Waals surface area (Å²) in [5, 5.41) is 0. The fraction of sp³-hybridized carbons (Fsp3) is 0.278. The predicted octanol–water partition coefficient (Wildman–Crippen LogP) is 3.45. The molecule has 0 N–H and O–H groups in total. The van der Waals surface area contributed by atoms with Gasteiger partial charge in [-0.05, 0) is 42.2 Å². The maximum Gasteiger partial charge on any atom is 0.170 e. The van der Waals surface area contributed by atoms with Gasteiger partial charge in [0.1, 0.15) is 11.5 Å². The molecule has 1 heterocycles. The summed E-state index contributed by atoms with van der Waals surface area (Å²) in [6, 6.07) is 13.4. The van der Waals surface area contributed by atoms with Gasteiger partial charge in [0.25, 0.3) is 0 Å². The zero-order valence-corrected chi connectivity index (χ0v) is 12.1. The van der Waals surface area contributed by atoms with Crippen LogP contribution in [0, 0.1) is 0 Å². The quantitative estimate of drug-likeness (QED) is 0.806. The second-order valence-corrected chi connectivity index (χ2v) is 5.19. The first-order chi connectivity index (χ1) is 10.3. The molecule has 1 aliphatic heterocycles. The van der Waals surface area contributed by atoms with Crippen LogP contribution in [0.5, 0.6) is 11.5 Å². The number of hydrogen-bond donors (Lipinski definition) is 0. The Bertz CT molecular complexity index is 644. The Morgan fingerprint density at radius 3 is 2.76 bits per heavy atom. The number of benzene rings is 2. The third-order valence-corrected chi connectivity index (χ3v) is 3.76. The van der Waals surface area contributed by atoms with Crippen LogP contribution in [0.3, 0.4) is 0 Å². The van der Waals surface area contributed by atoms with Gasteiger partial charge in [0, 0.05) is 6.42 Å². The van der Waals surface area contributed by atoms with Crippen molar-refractivity contribution in [3.63, 3.8) is 0 Å². The number of ketones is 1. The van der Waals surface area contributed by atoms with Gasteiger partial charge in [0.15, 0.2) is 5.78 Å². The molecule has 0 saturated carbocycles. The first-order valence-electron chi connectivity index (χ1n) is 7.19. The van der Waals surface area contributed by atoms with Crippen molar-refractivity contribution in [2.24, 2.45) is 0 Å². The van der Waals surface area contributed by atoms with Gasteiger partial charge in [0.2, 0.25) is 0 Å². The van der Waals surface area contributed by atoms with Crippen molar-refractivity contribution in [1.82, 2.24) is 0 Å². The summed E-state index contributed by atoms with van der Waals surface area (Å²) in [6.45, 7) is 0.694. The third-order valence-electron chi connectivity index (χ3n) is 3.76. The fourth-order valence-electron chi connectivity index (χ4n) is 2.63. The van der Waals surface area contributed by atoms with E-state index in [1.807, 2.05) is 42.5 Å². The summed E-state index contributed by atoms with van der Waals surface area (Å²) in [5.74, 6) is 1.67. The number of fused-ring (bicyclic) bond motifs is 1. The van der Waals surface area contributed by atoms with Crippen molar-refractivity contribution in [1.29, 1.82) is 0 Å². The Morgan fingerprint density at radius 2 is 2.00 bits per heavy atom. The lowest BCUT2D eigenvalue weighted by molar-refractivity contribution is 0.0988. The number of rotatable bonds is 4. The highest BCUT2D eigenvalue weighted by Crippen LogP contribution is 2.29. The molecular weight excluding hydrogens is 264 g/mol. The molecule has 3 nitrogen and oxygen atoms in total. The summed E-state index contributed by atoms with van der Waals surface area (Å²) >= 11 is 0. The van der Waals surface area contributed by atoms with Crippen molar-refractivity contribution >= 4 is 5.78 Å². The molecule has 0 aliphatic carbocycles. The normalized spacial score (nSPS) is 13.2. The number of Topliss-reactive ketones (excluding diaryl/α,β-unsaturated/α-hetero) is 1. The van der Waals surface area contributed by atoms with E-state index in [1.165, 1.54) is 0 Å². The van der Waals surface area contributed by atoms with Crippen molar-refractivity contribution in [2.75, 3.05) is 13.7 Å². The zero-order chi connectivity index (χ0) is 14.7. The van der Waals surface area contributed by atoms with Gasteiger partial charge >= 0.3 is 0 Å². The van der Waals surface area contributed by atoms with E-state index in [0.717, 1.165) is 35.5 Å². The van der Waals surface area contributed by atoms with Crippen LogP contribution in [0.2, 0.25) is 0 Å². The fourth-order valence-corrected chi connectivity index (χ4v) is 2.63. The molecule has 3 heteroatoms. The molecule has 1 aliphatic rings. The summed E-state index contributed by atoms with van der Waals surface area (Å²) in [5.41, 5.74) is 2.82. The van der Waals surface area contributed by atoms with Crippen molar-refractivity contribution in [2.45, 2.75) is 19.3 Å². The van der Waals surface area contributed by atoms with Gasteiger partial charge in [-0.15, -0.1) is 0 Å². The first kappa shape index (κ1) is 13.7. The number of hydrogen-bond acceptors (Lipinski definition) is 3. The Morgan fingerprint density at radius 1 is 1.19 bits per heavy atom. The minimum atomic E-state index is 0.0962. The smallest absolute Gasteiger partial charge is 0.170 e. The molecule has 3 rings (SSSR count). The van der Waals surface area contributed by atoms with Crippen LogP contribution >= 0.6 is 0 Å². The number of carbonyl (C=O) groups excluding carboxylic acids is 1. The maximum absolute atomic E-state index is 12.5. The topological polar surface area (TPSA) is 35.5 Å². The Kier molecular flexibility index (Phi) is 3.91. The average Bonchev–Trinajstić information content (AvgIpc) is 2.55. The largest absolute Gasteiger partial charge is 0.497 e. The van der Waals surface area contributed by atoms with Crippen LogP contribution in [-0.2, 0) is 12.8 Å². The molecule has 0 saturated heterocycles. The molecule has 2 aromatic carbocycles. The monoisotopic (exact) mass is 282 g/mol.